The van der Waals surface area contributed by atoms with Crippen molar-refractivity contribution in [3.05, 3.63) is 149 Å². The summed E-state index contributed by atoms with van der Waals surface area (Å²) in [5, 5.41) is 5.81. The van der Waals surface area contributed by atoms with E-state index in [0.29, 0.717) is 0 Å². The second kappa shape index (κ2) is 16.2. The van der Waals surface area contributed by atoms with Crippen LogP contribution >= 0.6 is 0 Å². The van der Waals surface area contributed by atoms with Crippen molar-refractivity contribution >= 4 is 46.0 Å². The van der Waals surface area contributed by atoms with Crippen LogP contribution in [-0.2, 0) is 20.1 Å². The zero-order valence-electron chi connectivity index (χ0n) is 35.5. The molecule has 3 nitrogen and oxygen atoms in total. The van der Waals surface area contributed by atoms with E-state index in [1.165, 1.54) is 38.2 Å². The molecule has 5 aromatic carbocycles. The molecule has 0 spiro atoms. The van der Waals surface area contributed by atoms with Gasteiger partial charge in [0, 0.05) is 40.6 Å². The predicted molar refractivity (Wildman–Crippen MR) is 233 cm³/mol. The number of para-hydroxylation sites is 1. The van der Waals surface area contributed by atoms with Crippen molar-refractivity contribution in [2.45, 2.75) is 79.9 Å². The van der Waals surface area contributed by atoms with Crippen LogP contribution in [0.5, 0.6) is 0 Å². The first-order valence-electron chi connectivity index (χ1n) is 19.7. The molecule has 0 fully saturated rings. The van der Waals surface area contributed by atoms with Crippen molar-refractivity contribution in [2.75, 3.05) is 0 Å². The third-order valence-corrected chi connectivity index (χ3v) is 12.2. The van der Waals surface area contributed by atoms with E-state index in [-0.39, 0.29) is 20.1 Å². The molecule has 0 bridgehead atoms. The van der Waals surface area contributed by atoms with E-state index in [4.69, 9.17) is 12.1 Å². The van der Waals surface area contributed by atoms with E-state index in [9.17, 15) is 0 Å². The van der Waals surface area contributed by atoms with Crippen molar-refractivity contribution in [1.29, 1.82) is 0 Å². The maximum absolute atomic E-state index is 8.57. The number of rotatable bonds is 6. The summed E-state index contributed by atoms with van der Waals surface area (Å²) in [5.41, 5.74) is 13.2. The average Bonchev–Trinajstić information content (AvgIpc) is 3.53. The fourth-order valence-electron chi connectivity index (χ4n) is 7.53. The van der Waals surface area contributed by atoms with Crippen molar-refractivity contribution in [3.63, 3.8) is 0 Å². The van der Waals surface area contributed by atoms with Crippen LogP contribution in [0.3, 0.4) is 0 Å². The number of aromatic nitrogens is 2. The van der Waals surface area contributed by atoms with Crippen molar-refractivity contribution < 1.29 is 27.3 Å². The van der Waals surface area contributed by atoms with Gasteiger partial charge in [0.05, 0.1) is 13.7 Å². The molecule has 8 rings (SSSR count). The van der Waals surface area contributed by atoms with Gasteiger partial charge < -0.3 is 14.4 Å². The molecule has 0 saturated heterocycles. The van der Waals surface area contributed by atoms with Crippen LogP contribution in [0.25, 0.3) is 66.4 Å². The van der Waals surface area contributed by atoms with Gasteiger partial charge in [0.2, 0.25) is 0 Å². The van der Waals surface area contributed by atoms with Gasteiger partial charge in [0.25, 0.3) is 0 Å². The van der Waals surface area contributed by atoms with Crippen LogP contribution < -0.4 is 5.19 Å². The van der Waals surface area contributed by atoms with E-state index in [0.717, 1.165) is 61.1 Å². The monoisotopic (exact) mass is 917 g/mol. The van der Waals surface area contributed by atoms with Gasteiger partial charge in [-0.15, -0.1) is 41.3 Å². The summed E-state index contributed by atoms with van der Waals surface area (Å²) < 4.78 is 23.4. The van der Waals surface area contributed by atoms with Crippen molar-refractivity contribution in [3.8, 4) is 33.6 Å². The minimum absolute atomic E-state index is 0. The Kier molecular flexibility index (Phi) is 11.0. The summed E-state index contributed by atoms with van der Waals surface area (Å²) in [6, 6.07) is 40.0. The van der Waals surface area contributed by atoms with Crippen LogP contribution in [0.1, 0.15) is 70.0 Å². The third kappa shape index (κ3) is 8.16. The van der Waals surface area contributed by atoms with Gasteiger partial charge in [-0.2, -0.15) is 0 Å². The van der Waals surface area contributed by atoms with Crippen LogP contribution in [0.4, 0.5) is 0 Å². The Bertz CT molecular complexity index is 2730. The van der Waals surface area contributed by atoms with E-state index in [1.807, 2.05) is 82.4 Å². The van der Waals surface area contributed by atoms with Gasteiger partial charge in [-0.3, -0.25) is 0 Å². The minimum Gasteiger partial charge on any atom is -0.501 e. The molecule has 3 aromatic heterocycles. The molecule has 55 heavy (non-hydrogen) atoms. The summed E-state index contributed by atoms with van der Waals surface area (Å²) in [5.74, 6) is -1.34. The maximum atomic E-state index is 8.57. The smallest absolute Gasteiger partial charge is 0.120 e. The molecule has 0 aliphatic heterocycles. The van der Waals surface area contributed by atoms with Crippen LogP contribution in [0, 0.1) is 32.9 Å². The first-order valence-corrected chi connectivity index (χ1v) is 22.2. The molecule has 0 amide bonds. The van der Waals surface area contributed by atoms with Crippen LogP contribution in [0.15, 0.2) is 114 Å². The molecule has 0 N–H and O–H groups in total. The molecular weight excluding hydrogens is 865 g/mol. The second-order valence-electron chi connectivity index (χ2n) is 15.9. The number of aryl methyl sites for hydroxylation is 3. The number of fused-ring (bicyclic) bond motifs is 4. The fourth-order valence-corrected chi connectivity index (χ4v) is 9.11. The van der Waals surface area contributed by atoms with Crippen LogP contribution in [-0.4, -0.2) is 18.0 Å². The molecule has 3 heterocycles. The van der Waals surface area contributed by atoms with Gasteiger partial charge in [0.15, 0.2) is 0 Å². The first kappa shape index (κ1) is 37.3. The topological polar surface area (TPSA) is 38.9 Å². The second-order valence-corrected chi connectivity index (χ2v) is 21.0. The van der Waals surface area contributed by atoms with Gasteiger partial charge >= 0.3 is 0 Å². The van der Waals surface area contributed by atoms with Gasteiger partial charge in [-0.1, -0.05) is 164 Å². The maximum Gasteiger partial charge on any atom is 0.120 e. The molecular formula is C50H50IrN2OSi-2. The Hall–Kier alpha value is -4.67. The Morgan fingerprint density at radius 1 is 0.727 bits per heavy atom. The molecule has 5 heteroatoms. The number of nitrogens with zero attached hydrogens (tertiary/aromatic N) is 2. The zero-order chi connectivity index (χ0) is 40.2. The molecule has 0 aliphatic carbocycles. The summed E-state index contributed by atoms with van der Waals surface area (Å²) in [4.78, 5) is 9.33. The van der Waals surface area contributed by atoms with E-state index in [2.05, 4.69) is 106 Å². The molecule has 0 aliphatic rings. The van der Waals surface area contributed by atoms with Gasteiger partial charge in [-0.25, -0.2) is 0 Å². The van der Waals surface area contributed by atoms with Crippen molar-refractivity contribution in [1.82, 2.24) is 9.97 Å². The molecule has 0 atom stereocenters. The van der Waals surface area contributed by atoms with E-state index in [1.54, 1.807) is 6.20 Å². The quantitative estimate of drug-likeness (QED) is 0.123. The summed E-state index contributed by atoms with van der Waals surface area (Å²) in [6.45, 7) is 21.1. The number of benzene rings is 5. The standard InChI is InChI=1S/C29H26NO.C21H24NSi.Ir/c1-17(2)21-12-13-30-25(16-21)22-10-11-24(27-19(4)14-18(3)15-20(27)5)28-23-8-6-7-9-26(23)31-29(22)28;1-15(2)19-13-20(22-14-21(19)23(3,4)5)18-11-10-16-8-6-7-9-17(16)12-18;/h6-9,11-17H,1-5H3;6-10,12-15H,1-5H3;/q2*-1;/i17D;15D;. The SMILES string of the molecule is [2H]C(C)(C)c1cc(-c2[c-]cc3ccccc3c2)ncc1[Si](C)(C)C.[2H]C(C)(C)c1ccnc(-c2[c-]cc(-c3c(C)cc(C)cc3C)c3c2oc2ccccc23)c1.[Ir]. The first-order chi connectivity index (χ1) is 26.4. The Labute approximate surface area is 344 Å². The van der Waals surface area contributed by atoms with E-state index >= 15 is 0 Å². The molecule has 1 radical (unpaired) electrons. The van der Waals surface area contributed by atoms with E-state index < -0.39 is 19.9 Å². The fraction of sp³-hybridized carbons (Fsp3) is 0.240. The molecule has 281 valence electrons. The van der Waals surface area contributed by atoms with Crippen molar-refractivity contribution in [2.24, 2.45) is 0 Å². The Morgan fingerprint density at radius 3 is 2.11 bits per heavy atom. The molecule has 0 saturated carbocycles. The molecule has 8 aromatic rings. The minimum atomic E-state index is -1.55. The molecule has 0 unspecified atom stereocenters. The number of pyridine rings is 2. The third-order valence-electron chi connectivity index (χ3n) is 10.2. The Morgan fingerprint density at radius 2 is 1.42 bits per heavy atom. The number of furan rings is 1. The summed E-state index contributed by atoms with van der Waals surface area (Å²) in [7, 11) is -1.55. The van der Waals surface area contributed by atoms with Gasteiger partial charge in [0.1, 0.15) is 5.58 Å². The average molecular weight is 917 g/mol. The number of hydrogen-bond donors (Lipinski definition) is 0. The Balaban J connectivity index is 0.000000197. The summed E-state index contributed by atoms with van der Waals surface area (Å²) in [6.07, 6.45) is 3.77. The number of hydrogen-bond acceptors (Lipinski definition) is 3. The predicted octanol–water partition coefficient (Wildman–Crippen LogP) is 13.5. The van der Waals surface area contributed by atoms with Crippen LogP contribution in [0.2, 0.25) is 19.6 Å². The largest absolute Gasteiger partial charge is 0.501 e. The summed E-state index contributed by atoms with van der Waals surface area (Å²) >= 11 is 0. The van der Waals surface area contributed by atoms with Gasteiger partial charge in [-0.05, 0) is 66.7 Å². The normalized spacial score (nSPS) is 12.5. The zero-order valence-corrected chi connectivity index (χ0v) is 36.9.